The van der Waals surface area contributed by atoms with Gasteiger partial charge < -0.3 is 30.4 Å². The fraction of sp³-hybridized carbons (Fsp3) is 0.192. The predicted molar refractivity (Wildman–Crippen MR) is 136 cm³/mol. The molecule has 0 aliphatic carbocycles. The molecule has 0 saturated carbocycles. The van der Waals surface area contributed by atoms with Gasteiger partial charge in [-0.2, -0.15) is 0 Å². The van der Waals surface area contributed by atoms with Crippen molar-refractivity contribution in [3.05, 3.63) is 78.4 Å². The van der Waals surface area contributed by atoms with Gasteiger partial charge in [0.15, 0.2) is 0 Å². The highest BCUT2D eigenvalue weighted by atomic mass is 16.5. The first-order valence-corrected chi connectivity index (χ1v) is 11.2. The summed E-state index contributed by atoms with van der Waals surface area (Å²) in [7, 11) is 1.54. The van der Waals surface area contributed by atoms with Gasteiger partial charge in [-0.05, 0) is 55.5 Å². The molecular formula is C26H27N5O4. The van der Waals surface area contributed by atoms with Crippen molar-refractivity contribution < 1.29 is 19.4 Å². The van der Waals surface area contributed by atoms with Gasteiger partial charge in [0.1, 0.15) is 12.3 Å². The number of amides is 2. The molecular weight excluding hydrogens is 446 g/mol. The molecule has 2 amide bonds. The van der Waals surface area contributed by atoms with E-state index >= 15 is 0 Å². The van der Waals surface area contributed by atoms with E-state index < -0.39 is 6.10 Å². The average Bonchev–Trinajstić information content (AvgIpc) is 3.20. The van der Waals surface area contributed by atoms with Crippen molar-refractivity contribution in [2.24, 2.45) is 0 Å². The van der Waals surface area contributed by atoms with Gasteiger partial charge in [0.05, 0.1) is 29.9 Å². The number of methoxy groups -OCH3 is 1. The van der Waals surface area contributed by atoms with Crippen molar-refractivity contribution in [2.45, 2.75) is 19.6 Å². The van der Waals surface area contributed by atoms with E-state index in [-0.39, 0.29) is 18.4 Å². The molecule has 0 fully saturated rings. The summed E-state index contributed by atoms with van der Waals surface area (Å²) in [6.07, 6.45) is -0.559. The summed E-state index contributed by atoms with van der Waals surface area (Å²) >= 11 is 0. The van der Waals surface area contributed by atoms with Gasteiger partial charge >= 0.3 is 0 Å². The van der Waals surface area contributed by atoms with Crippen LogP contribution in [-0.2, 0) is 11.3 Å². The van der Waals surface area contributed by atoms with Gasteiger partial charge in [0.2, 0.25) is 11.9 Å². The number of aliphatic hydroxyl groups is 1. The molecule has 1 atom stereocenters. The van der Waals surface area contributed by atoms with E-state index in [0.717, 1.165) is 11.0 Å². The first-order valence-electron chi connectivity index (χ1n) is 11.2. The number of imidazole rings is 1. The van der Waals surface area contributed by atoms with Crippen molar-refractivity contribution in [1.82, 2.24) is 9.55 Å². The second-order valence-corrected chi connectivity index (χ2v) is 8.02. The highest BCUT2D eigenvalue weighted by Crippen LogP contribution is 2.24. The van der Waals surface area contributed by atoms with Crippen LogP contribution in [0, 0.1) is 0 Å². The van der Waals surface area contributed by atoms with E-state index in [0.29, 0.717) is 35.2 Å². The Morgan fingerprint density at radius 1 is 1.00 bits per heavy atom. The third-order valence-electron chi connectivity index (χ3n) is 5.30. The fourth-order valence-electron chi connectivity index (χ4n) is 3.60. The van der Waals surface area contributed by atoms with Gasteiger partial charge in [0, 0.05) is 17.8 Å². The van der Waals surface area contributed by atoms with E-state index in [1.807, 2.05) is 36.4 Å². The Balaban J connectivity index is 1.43. The molecule has 1 aromatic heterocycles. The van der Waals surface area contributed by atoms with Crippen LogP contribution in [0.4, 0.5) is 17.3 Å². The van der Waals surface area contributed by atoms with Crippen LogP contribution in [0.25, 0.3) is 11.0 Å². The molecule has 0 aliphatic heterocycles. The Morgan fingerprint density at radius 2 is 1.71 bits per heavy atom. The molecule has 0 spiro atoms. The molecule has 4 aromatic rings. The standard InChI is InChI=1S/C26H27N5O4/c1-17(32)15-27-26-30-20-7-3-5-9-22(20)31(26)16-24(33)28-19-13-11-18(12-14-19)25(34)29-21-8-4-6-10-23(21)35-2/h3-14,17,32H,15-16H2,1-2H3,(H,27,30)(H,28,33)(H,29,34)/t17-/m0/s1. The number of hydrogen-bond donors (Lipinski definition) is 4. The van der Waals surface area contributed by atoms with Crippen molar-refractivity contribution in [1.29, 1.82) is 0 Å². The van der Waals surface area contributed by atoms with Crippen LogP contribution in [0.1, 0.15) is 17.3 Å². The summed E-state index contributed by atoms with van der Waals surface area (Å²) in [6, 6.07) is 21.3. The summed E-state index contributed by atoms with van der Waals surface area (Å²) in [6.45, 7) is 2.01. The van der Waals surface area contributed by atoms with E-state index in [4.69, 9.17) is 4.74 Å². The zero-order valence-corrected chi connectivity index (χ0v) is 19.5. The smallest absolute Gasteiger partial charge is 0.255 e. The quantitative estimate of drug-likeness (QED) is 0.294. The number of rotatable bonds is 9. The normalized spacial score (nSPS) is 11.6. The summed E-state index contributed by atoms with van der Waals surface area (Å²) < 4.78 is 7.03. The van der Waals surface area contributed by atoms with E-state index in [9.17, 15) is 14.7 Å². The molecule has 9 nitrogen and oxygen atoms in total. The highest BCUT2D eigenvalue weighted by Gasteiger charge is 2.15. The lowest BCUT2D eigenvalue weighted by molar-refractivity contribution is -0.116. The Hall–Kier alpha value is -4.37. The van der Waals surface area contributed by atoms with Crippen molar-refractivity contribution in [3.8, 4) is 5.75 Å². The zero-order valence-electron chi connectivity index (χ0n) is 19.5. The summed E-state index contributed by atoms with van der Waals surface area (Å²) in [5.74, 6) is 0.537. The molecule has 0 saturated heterocycles. The largest absolute Gasteiger partial charge is 0.495 e. The second kappa shape index (κ2) is 10.7. The van der Waals surface area contributed by atoms with Gasteiger partial charge in [-0.15, -0.1) is 0 Å². The maximum absolute atomic E-state index is 12.8. The van der Waals surface area contributed by atoms with Gasteiger partial charge in [-0.3, -0.25) is 9.59 Å². The fourth-order valence-corrected chi connectivity index (χ4v) is 3.60. The average molecular weight is 474 g/mol. The lowest BCUT2D eigenvalue weighted by Gasteiger charge is -2.13. The van der Waals surface area contributed by atoms with E-state index in [2.05, 4.69) is 20.9 Å². The minimum atomic E-state index is -0.559. The maximum atomic E-state index is 12.8. The SMILES string of the molecule is COc1ccccc1NC(=O)c1ccc(NC(=O)Cn2c(NC[C@H](C)O)nc3ccccc32)cc1. The van der Waals surface area contributed by atoms with Crippen LogP contribution >= 0.6 is 0 Å². The maximum Gasteiger partial charge on any atom is 0.255 e. The van der Waals surface area contributed by atoms with Gasteiger partial charge in [-0.1, -0.05) is 24.3 Å². The zero-order chi connectivity index (χ0) is 24.8. The number of aliphatic hydroxyl groups excluding tert-OH is 1. The minimum Gasteiger partial charge on any atom is -0.495 e. The Bertz CT molecular complexity index is 1330. The molecule has 4 rings (SSSR count). The number of anilines is 3. The molecule has 4 N–H and O–H groups in total. The Labute approximate surface area is 202 Å². The monoisotopic (exact) mass is 473 g/mol. The molecule has 180 valence electrons. The topological polar surface area (TPSA) is 118 Å². The third kappa shape index (κ3) is 5.77. The van der Waals surface area contributed by atoms with Gasteiger partial charge in [0.25, 0.3) is 5.91 Å². The predicted octanol–water partition coefficient (Wildman–Crippen LogP) is 3.73. The number of fused-ring (bicyclic) bond motifs is 1. The number of hydrogen-bond acceptors (Lipinski definition) is 6. The molecule has 0 bridgehead atoms. The Kier molecular flexibility index (Phi) is 7.27. The molecule has 0 unspecified atom stereocenters. The third-order valence-corrected chi connectivity index (χ3v) is 5.30. The molecule has 35 heavy (non-hydrogen) atoms. The van der Waals surface area contributed by atoms with Gasteiger partial charge in [-0.25, -0.2) is 4.98 Å². The molecule has 1 heterocycles. The summed E-state index contributed by atoms with van der Waals surface area (Å²) in [5.41, 5.74) is 3.13. The van der Waals surface area contributed by atoms with Crippen LogP contribution in [0.3, 0.4) is 0 Å². The second-order valence-electron chi connectivity index (χ2n) is 8.02. The van der Waals surface area contributed by atoms with Crippen LogP contribution in [0.2, 0.25) is 0 Å². The first kappa shape index (κ1) is 23.8. The van der Waals surface area contributed by atoms with Crippen LogP contribution in [0.15, 0.2) is 72.8 Å². The number of carbonyl (C=O) groups excluding carboxylic acids is 2. The lowest BCUT2D eigenvalue weighted by atomic mass is 10.2. The minimum absolute atomic E-state index is 0.0265. The number of nitrogens with one attached hydrogen (secondary N) is 3. The highest BCUT2D eigenvalue weighted by molar-refractivity contribution is 6.05. The van der Waals surface area contributed by atoms with Crippen molar-refractivity contribution in [2.75, 3.05) is 29.6 Å². The summed E-state index contributed by atoms with van der Waals surface area (Å²) in [4.78, 5) is 30.0. The molecule has 3 aromatic carbocycles. The molecule has 0 aliphatic rings. The number of benzene rings is 3. The first-order chi connectivity index (χ1) is 16.9. The van der Waals surface area contributed by atoms with Crippen LogP contribution < -0.4 is 20.7 Å². The van der Waals surface area contributed by atoms with Crippen LogP contribution in [0.5, 0.6) is 5.75 Å². The number of ether oxygens (including phenoxy) is 1. The molecule has 0 radical (unpaired) electrons. The number of aromatic nitrogens is 2. The molecule has 9 heteroatoms. The summed E-state index contributed by atoms with van der Waals surface area (Å²) in [5, 5.41) is 18.4. The lowest BCUT2D eigenvalue weighted by Crippen LogP contribution is -2.22. The number of carbonyl (C=O) groups is 2. The number of nitrogens with zero attached hydrogens (tertiary/aromatic N) is 2. The van der Waals surface area contributed by atoms with Crippen molar-refractivity contribution in [3.63, 3.8) is 0 Å². The Morgan fingerprint density at radius 3 is 2.46 bits per heavy atom. The number of para-hydroxylation sites is 4. The van der Waals surface area contributed by atoms with E-state index in [1.54, 1.807) is 55.0 Å². The van der Waals surface area contributed by atoms with E-state index in [1.165, 1.54) is 0 Å². The van der Waals surface area contributed by atoms with Crippen molar-refractivity contribution >= 4 is 40.2 Å². The van der Waals surface area contributed by atoms with Crippen LogP contribution in [-0.4, -0.2) is 46.2 Å².